The summed E-state index contributed by atoms with van der Waals surface area (Å²) >= 11 is 0.141. The van der Waals surface area contributed by atoms with Crippen LogP contribution in [0.3, 0.4) is 0 Å². The number of aromatic nitrogens is 1. The van der Waals surface area contributed by atoms with Crippen LogP contribution in [0, 0.1) is 11.6 Å². The van der Waals surface area contributed by atoms with Crippen LogP contribution in [0.1, 0.15) is 21.6 Å². The Bertz CT molecular complexity index is 575. The van der Waals surface area contributed by atoms with Crippen LogP contribution < -0.4 is 0 Å². The molecule has 8 heteroatoms. The number of nitrogens with zero attached hydrogens (tertiary/aromatic N) is 1. The lowest BCUT2D eigenvalue weighted by Gasteiger charge is -2.10. The van der Waals surface area contributed by atoms with Crippen LogP contribution in [-0.4, -0.2) is 10.1 Å². The molecule has 102 valence electrons. The molecule has 0 amide bonds. The summed E-state index contributed by atoms with van der Waals surface area (Å²) in [7, 11) is 0. The third kappa shape index (κ3) is 2.74. The molecule has 2 nitrogen and oxygen atoms in total. The van der Waals surface area contributed by atoms with Gasteiger partial charge in [-0.05, 0) is 12.1 Å². The SMILES string of the molecule is OC(c1cnc(C(F)(F)F)s1)c1c(F)cccc1F. The summed E-state index contributed by atoms with van der Waals surface area (Å²) in [5.74, 6) is -2.07. The van der Waals surface area contributed by atoms with E-state index < -0.39 is 34.5 Å². The molecule has 1 unspecified atom stereocenters. The Labute approximate surface area is 108 Å². The molecule has 1 N–H and O–H groups in total. The van der Waals surface area contributed by atoms with Gasteiger partial charge in [-0.3, -0.25) is 0 Å². The van der Waals surface area contributed by atoms with Gasteiger partial charge in [-0.2, -0.15) is 13.2 Å². The van der Waals surface area contributed by atoms with Crippen molar-refractivity contribution < 1.29 is 27.1 Å². The minimum absolute atomic E-state index is 0.141. The fraction of sp³-hybridized carbons (Fsp3) is 0.182. The van der Waals surface area contributed by atoms with Gasteiger partial charge >= 0.3 is 6.18 Å². The molecule has 1 aromatic heterocycles. The van der Waals surface area contributed by atoms with Crippen molar-refractivity contribution in [1.29, 1.82) is 0 Å². The molecule has 19 heavy (non-hydrogen) atoms. The molecule has 0 saturated carbocycles. The number of rotatable bonds is 2. The van der Waals surface area contributed by atoms with Crippen LogP contribution in [0.15, 0.2) is 24.4 Å². The zero-order valence-electron chi connectivity index (χ0n) is 9.08. The number of benzene rings is 1. The lowest BCUT2D eigenvalue weighted by Crippen LogP contribution is -2.04. The third-order valence-corrected chi connectivity index (χ3v) is 3.40. The Hall–Kier alpha value is -1.54. The predicted molar refractivity (Wildman–Crippen MR) is 57.5 cm³/mol. The normalized spacial score (nSPS) is 13.6. The molecule has 0 aliphatic rings. The molecule has 0 aliphatic carbocycles. The first-order valence-electron chi connectivity index (χ1n) is 4.95. The largest absolute Gasteiger partial charge is 0.443 e. The second kappa shape index (κ2) is 4.86. The first-order chi connectivity index (χ1) is 8.80. The van der Waals surface area contributed by atoms with Gasteiger partial charge < -0.3 is 5.11 Å². The smallest absolute Gasteiger partial charge is 0.383 e. The monoisotopic (exact) mass is 295 g/mol. The highest BCUT2D eigenvalue weighted by Crippen LogP contribution is 2.36. The molecular formula is C11H6F5NOS. The Balaban J connectivity index is 2.40. The van der Waals surface area contributed by atoms with Crippen LogP contribution in [0.25, 0.3) is 0 Å². The van der Waals surface area contributed by atoms with Crippen LogP contribution in [-0.2, 0) is 6.18 Å². The summed E-state index contributed by atoms with van der Waals surface area (Å²) in [6, 6.07) is 2.91. The van der Waals surface area contributed by atoms with Crippen LogP contribution in [0.4, 0.5) is 22.0 Å². The first kappa shape index (κ1) is 13.9. The minimum atomic E-state index is -4.66. The lowest BCUT2D eigenvalue weighted by atomic mass is 10.1. The summed E-state index contributed by atoms with van der Waals surface area (Å²) in [6.45, 7) is 0. The number of alkyl halides is 3. The van der Waals surface area contributed by atoms with Crippen molar-refractivity contribution in [3.63, 3.8) is 0 Å². The van der Waals surface area contributed by atoms with Crippen molar-refractivity contribution >= 4 is 11.3 Å². The van der Waals surface area contributed by atoms with Crippen LogP contribution in [0.2, 0.25) is 0 Å². The summed E-state index contributed by atoms with van der Waals surface area (Å²) in [4.78, 5) is 2.80. The molecule has 0 bridgehead atoms. The first-order valence-corrected chi connectivity index (χ1v) is 5.77. The Kier molecular flexibility index (Phi) is 3.55. The maximum Gasteiger partial charge on any atom is 0.443 e. The fourth-order valence-electron chi connectivity index (χ4n) is 1.46. The van der Waals surface area contributed by atoms with Gasteiger partial charge in [0.25, 0.3) is 0 Å². The van der Waals surface area contributed by atoms with E-state index in [-0.39, 0.29) is 16.2 Å². The maximum atomic E-state index is 13.4. The topological polar surface area (TPSA) is 33.1 Å². The second-order valence-corrected chi connectivity index (χ2v) is 4.67. The van der Waals surface area contributed by atoms with Crippen LogP contribution >= 0.6 is 11.3 Å². The molecule has 0 saturated heterocycles. The zero-order chi connectivity index (χ0) is 14.2. The summed E-state index contributed by atoms with van der Waals surface area (Å²) in [5, 5.41) is 8.57. The zero-order valence-corrected chi connectivity index (χ0v) is 9.90. The van der Waals surface area contributed by atoms with Gasteiger partial charge in [0.2, 0.25) is 0 Å². The van der Waals surface area contributed by atoms with E-state index >= 15 is 0 Å². The Morgan fingerprint density at radius 2 is 1.74 bits per heavy atom. The highest BCUT2D eigenvalue weighted by molar-refractivity contribution is 7.11. The minimum Gasteiger partial charge on any atom is -0.383 e. The summed E-state index contributed by atoms with van der Waals surface area (Å²) < 4.78 is 63.8. The average molecular weight is 295 g/mol. The molecular weight excluding hydrogens is 289 g/mol. The van der Waals surface area contributed by atoms with Gasteiger partial charge in [-0.15, -0.1) is 11.3 Å². The molecule has 0 radical (unpaired) electrons. The second-order valence-electron chi connectivity index (χ2n) is 3.60. The van der Waals surface area contributed by atoms with Gasteiger partial charge in [0.15, 0.2) is 5.01 Å². The molecule has 2 rings (SSSR count). The van der Waals surface area contributed by atoms with Gasteiger partial charge in [0.05, 0.1) is 10.4 Å². The van der Waals surface area contributed by atoms with E-state index in [0.29, 0.717) is 0 Å². The number of aliphatic hydroxyl groups is 1. The van der Waals surface area contributed by atoms with Gasteiger partial charge in [-0.25, -0.2) is 13.8 Å². The maximum absolute atomic E-state index is 13.4. The molecule has 0 aliphatic heterocycles. The van der Waals surface area contributed by atoms with E-state index in [2.05, 4.69) is 4.98 Å². The number of thiazole rings is 1. The van der Waals surface area contributed by atoms with Crippen molar-refractivity contribution in [3.05, 3.63) is 51.5 Å². The molecule has 1 atom stereocenters. The highest BCUT2D eigenvalue weighted by atomic mass is 32.1. The van der Waals surface area contributed by atoms with Crippen LogP contribution in [0.5, 0.6) is 0 Å². The third-order valence-electron chi connectivity index (χ3n) is 2.31. The molecule has 2 aromatic rings. The number of hydrogen-bond acceptors (Lipinski definition) is 3. The Morgan fingerprint density at radius 1 is 1.16 bits per heavy atom. The molecule has 1 aromatic carbocycles. The molecule has 0 fully saturated rings. The van der Waals surface area contributed by atoms with Crippen molar-refractivity contribution in [2.24, 2.45) is 0 Å². The van der Waals surface area contributed by atoms with Gasteiger partial charge in [-0.1, -0.05) is 6.07 Å². The summed E-state index contributed by atoms with van der Waals surface area (Å²) in [6.07, 6.45) is -5.73. The number of hydrogen-bond donors (Lipinski definition) is 1. The van der Waals surface area contributed by atoms with E-state index in [0.717, 1.165) is 24.4 Å². The van der Waals surface area contributed by atoms with E-state index in [4.69, 9.17) is 0 Å². The van der Waals surface area contributed by atoms with Crippen molar-refractivity contribution in [2.75, 3.05) is 0 Å². The molecule has 0 spiro atoms. The predicted octanol–water partition coefficient (Wildman–Crippen LogP) is 3.52. The fourth-order valence-corrected chi connectivity index (χ4v) is 2.24. The van der Waals surface area contributed by atoms with Crippen molar-refractivity contribution in [3.8, 4) is 0 Å². The average Bonchev–Trinajstić information content (AvgIpc) is 2.77. The standard InChI is InChI=1S/C11H6F5NOS/c12-5-2-1-3-6(13)8(5)9(18)7-4-17-10(19-7)11(14,15)16/h1-4,9,18H. The summed E-state index contributed by atoms with van der Waals surface area (Å²) in [5.41, 5.74) is -0.695. The van der Waals surface area contributed by atoms with E-state index in [1.807, 2.05) is 0 Å². The van der Waals surface area contributed by atoms with Gasteiger partial charge in [0.1, 0.15) is 17.7 Å². The van der Waals surface area contributed by atoms with Gasteiger partial charge in [0, 0.05) is 6.20 Å². The van der Waals surface area contributed by atoms with E-state index in [1.54, 1.807) is 0 Å². The highest BCUT2D eigenvalue weighted by Gasteiger charge is 2.35. The van der Waals surface area contributed by atoms with Crippen molar-refractivity contribution in [2.45, 2.75) is 12.3 Å². The number of halogens is 5. The van der Waals surface area contributed by atoms with E-state index in [9.17, 15) is 27.1 Å². The molecule has 1 heterocycles. The van der Waals surface area contributed by atoms with Crippen molar-refractivity contribution in [1.82, 2.24) is 4.98 Å². The quantitative estimate of drug-likeness (QED) is 0.860. The van der Waals surface area contributed by atoms with E-state index in [1.165, 1.54) is 0 Å². The lowest BCUT2D eigenvalue weighted by molar-refractivity contribution is -0.137. The number of aliphatic hydroxyl groups excluding tert-OH is 1. The Morgan fingerprint density at radius 3 is 2.21 bits per heavy atom.